The van der Waals surface area contributed by atoms with Crippen molar-refractivity contribution in [2.45, 2.75) is 25.0 Å². The van der Waals surface area contributed by atoms with Crippen LogP contribution in [-0.4, -0.2) is 43.4 Å². The average molecular weight is 340 g/mol. The van der Waals surface area contributed by atoms with Crippen LogP contribution in [0.5, 0.6) is 5.75 Å². The second kappa shape index (κ2) is 8.37. The molecule has 2 atom stereocenters. The molecule has 25 heavy (non-hydrogen) atoms. The Kier molecular flexibility index (Phi) is 5.95. The third-order valence-electron chi connectivity index (χ3n) is 4.45. The van der Waals surface area contributed by atoms with Crippen LogP contribution in [-0.2, 0) is 0 Å². The quantitative estimate of drug-likeness (QED) is 0.733. The maximum atomic E-state index is 9.87. The van der Waals surface area contributed by atoms with Crippen LogP contribution in [0.2, 0.25) is 0 Å². The second-order valence-corrected chi connectivity index (χ2v) is 7.12. The highest BCUT2D eigenvalue weighted by atomic mass is 16.5. The summed E-state index contributed by atoms with van der Waals surface area (Å²) in [6.45, 7) is 0.902. The van der Waals surface area contributed by atoms with Gasteiger partial charge in [0.25, 0.3) is 0 Å². The number of hydrogen-bond acceptors (Lipinski definition) is 4. The average Bonchev–Trinajstić information content (AvgIpc) is 3.44. The van der Waals surface area contributed by atoms with Gasteiger partial charge in [0.1, 0.15) is 18.5 Å². The fourth-order valence-electron chi connectivity index (χ4n) is 3.06. The van der Waals surface area contributed by atoms with E-state index in [1.807, 2.05) is 43.3 Å². The molecule has 0 aliphatic heterocycles. The first-order chi connectivity index (χ1) is 12.1. The first-order valence-corrected chi connectivity index (χ1v) is 8.99. The summed E-state index contributed by atoms with van der Waals surface area (Å²) in [7, 11) is 3.87. The standard InChI is InChI=1S/C21H28N2O2/c1-23(2)14-19(24)15-25-20-12-10-18(11-13-20)22-21(17-8-9-17)16-6-4-3-5-7-16/h3-7,10-13,17,19,21-22,24H,8-9,14-15H2,1-2H3. The Morgan fingerprint density at radius 1 is 1.08 bits per heavy atom. The van der Waals surface area contributed by atoms with Gasteiger partial charge >= 0.3 is 0 Å². The van der Waals surface area contributed by atoms with E-state index in [0.29, 0.717) is 19.2 Å². The van der Waals surface area contributed by atoms with Crippen molar-refractivity contribution in [2.24, 2.45) is 5.92 Å². The van der Waals surface area contributed by atoms with Gasteiger partial charge in [-0.3, -0.25) is 0 Å². The molecular weight excluding hydrogens is 312 g/mol. The van der Waals surface area contributed by atoms with Gasteiger partial charge in [0.05, 0.1) is 6.04 Å². The molecule has 0 bridgehead atoms. The Morgan fingerprint density at radius 2 is 1.76 bits per heavy atom. The third-order valence-corrected chi connectivity index (χ3v) is 4.45. The van der Waals surface area contributed by atoms with Gasteiger partial charge in [0, 0.05) is 12.2 Å². The number of nitrogens with one attached hydrogen (secondary N) is 1. The summed E-state index contributed by atoms with van der Waals surface area (Å²) >= 11 is 0. The van der Waals surface area contributed by atoms with Crippen LogP contribution in [0.1, 0.15) is 24.4 Å². The Hall–Kier alpha value is -2.04. The van der Waals surface area contributed by atoms with E-state index in [2.05, 4.69) is 35.6 Å². The summed E-state index contributed by atoms with van der Waals surface area (Å²) in [5.74, 6) is 1.51. The molecule has 0 heterocycles. The lowest BCUT2D eigenvalue weighted by Crippen LogP contribution is -2.30. The zero-order valence-electron chi connectivity index (χ0n) is 15.1. The molecule has 3 rings (SSSR count). The highest BCUT2D eigenvalue weighted by Gasteiger charge is 2.32. The summed E-state index contributed by atoms with van der Waals surface area (Å²) in [4.78, 5) is 1.95. The van der Waals surface area contributed by atoms with Crippen LogP contribution in [0.25, 0.3) is 0 Å². The van der Waals surface area contributed by atoms with E-state index in [1.54, 1.807) is 0 Å². The largest absolute Gasteiger partial charge is 0.491 e. The van der Waals surface area contributed by atoms with Crippen molar-refractivity contribution in [3.63, 3.8) is 0 Å². The summed E-state index contributed by atoms with van der Waals surface area (Å²) in [5.41, 5.74) is 2.44. The molecule has 134 valence electrons. The first-order valence-electron chi connectivity index (χ1n) is 8.99. The van der Waals surface area contributed by atoms with Crippen molar-refractivity contribution < 1.29 is 9.84 Å². The van der Waals surface area contributed by atoms with Gasteiger partial charge in [-0.1, -0.05) is 30.3 Å². The molecule has 2 unspecified atom stereocenters. The molecule has 4 nitrogen and oxygen atoms in total. The van der Waals surface area contributed by atoms with E-state index in [4.69, 9.17) is 4.74 Å². The Balaban J connectivity index is 1.56. The van der Waals surface area contributed by atoms with E-state index in [9.17, 15) is 5.11 Å². The van der Waals surface area contributed by atoms with Crippen molar-refractivity contribution >= 4 is 5.69 Å². The van der Waals surface area contributed by atoms with Gasteiger partial charge in [-0.05, 0) is 62.7 Å². The summed E-state index contributed by atoms with van der Waals surface area (Å²) < 4.78 is 5.67. The van der Waals surface area contributed by atoms with Crippen molar-refractivity contribution in [3.05, 3.63) is 60.2 Å². The van der Waals surface area contributed by atoms with E-state index >= 15 is 0 Å². The fraction of sp³-hybridized carbons (Fsp3) is 0.429. The lowest BCUT2D eigenvalue weighted by atomic mass is 10.0. The molecule has 1 aliphatic rings. The van der Waals surface area contributed by atoms with Gasteiger partial charge in [-0.2, -0.15) is 0 Å². The highest BCUT2D eigenvalue weighted by molar-refractivity contribution is 5.48. The van der Waals surface area contributed by atoms with Crippen molar-refractivity contribution in [3.8, 4) is 5.75 Å². The summed E-state index contributed by atoms with van der Waals surface area (Å²) in [6.07, 6.45) is 2.10. The van der Waals surface area contributed by atoms with E-state index in [1.165, 1.54) is 18.4 Å². The van der Waals surface area contributed by atoms with Crippen LogP contribution in [0.3, 0.4) is 0 Å². The predicted octanol–water partition coefficient (Wildman–Crippen LogP) is 3.55. The van der Waals surface area contributed by atoms with Gasteiger partial charge in [0.2, 0.25) is 0 Å². The number of nitrogens with zero attached hydrogens (tertiary/aromatic N) is 1. The van der Waals surface area contributed by atoms with Gasteiger partial charge in [0.15, 0.2) is 0 Å². The molecule has 1 fully saturated rings. The maximum Gasteiger partial charge on any atom is 0.119 e. The number of aliphatic hydroxyl groups excluding tert-OH is 1. The number of benzene rings is 2. The smallest absolute Gasteiger partial charge is 0.119 e. The SMILES string of the molecule is CN(C)CC(O)COc1ccc(NC(c2ccccc2)C2CC2)cc1. The van der Waals surface area contributed by atoms with Crippen molar-refractivity contribution in [1.82, 2.24) is 4.90 Å². The third kappa shape index (κ3) is 5.48. The molecule has 0 radical (unpaired) electrons. The highest BCUT2D eigenvalue weighted by Crippen LogP contribution is 2.42. The monoisotopic (exact) mass is 340 g/mol. The lowest BCUT2D eigenvalue weighted by molar-refractivity contribution is 0.0831. The second-order valence-electron chi connectivity index (χ2n) is 7.12. The maximum absolute atomic E-state index is 9.87. The number of rotatable bonds is 9. The Labute approximate surface area is 150 Å². The van der Waals surface area contributed by atoms with E-state index in [-0.39, 0.29) is 0 Å². The predicted molar refractivity (Wildman–Crippen MR) is 102 cm³/mol. The normalized spacial score (nSPS) is 16.5. The Morgan fingerprint density at radius 3 is 2.36 bits per heavy atom. The molecule has 0 aromatic heterocycles. The van der Waals surface area contributed by atoms with E-state index < -0.39 is 6.10 Å². The van der Waals surface area contributed by atoms with Gasteiger partial charge < -0.3 is 20.1 Å². The molecule has 2 aromatic rings. The molecule has 0 saturated heterocycles. The zero-order chi connectivity index (χ0) is 17.6. The van der Waals surface area contributed by atoms with Crippen LogP contribution < -0.4 is 10.1 Å². The number of hydrogen-bond donors (Lipinski definition) is 2. The molecule has 2 aromatic carbocycles. The minimum Gasteiger partial charge on any atom is -0.491 e. The van der Waals surface area contributed by atoms with Gasteiger partial charge in [-0.15, -0.1) is 0 Å². The first kappa shape index (κ1) is 17.8. The van der Waals surface area contributed by atoms with Crippen LogP contribution >= 0.6 is 0 Å². The molecule has 2 N–H and O–H groups in total. The number of ether oxygens (including phenoxy) is 1. The molecule has 4 heteroatoms. The number of likely N-dealkylation sites (N-methyl/N-ethyl adjacent to an activating group) is 1. The van der Waals surface area contributed by atoms with Gasteiger partial charge in [-0.25, -0.2) is 0 Å². The molecule has 0 amide bonds. The minimum atomic E-state index is -0.481. The number of anilines is 1. The van der Waals surface area contributed by atoms with Crippen LogP contribution in [0, 0.1) is 5.92 Å². The fourth-order valence-corrected chi connectivity index (χ4v) is 3.06. The van der Waals surface area contributed by atoms with Crippen molar-refractivity contribution in [2.75, 3.05) is 32.6 Å². The van der Waals surface area contributed by atoms with Crippen molar-refractivity contribution in [1.29, 1.82) is 0 Å². The minimum absolute atomic E-state index is 0.305. The lowest BCUT2D eigenvalue weighted by Gasteiger charge is -2.20. The number of aliphatic hydroxyl groups is 1. The summed E-state index contributed by atoms with van der Waals surface area (Å²) in [6, 6.07) is 19.0. The van der Waals surface area contributed by atoms with Crippen LogP contribution in [0.15, 0.2) is 54.6 Å². The topological polar surface area (TPSA) is 44.7 Å². The molecule has 1 aliphatic carbocycles. The molecule has 1 saturated carbocycles. The Bertz CT molecular complexity index is 639. The zero-order valence-corrected chi connectivity index (χ0v) is 15.1. The van der Waals surface area contributed by atoms with E-state index in [0.717, 1.165) is 17.4 Å². The summed E-state index contributed by atoms with van der Waals surface area (Å²) in [5, 5.41) is 13.5. The molecule has 0 spiro atoms. The molecular formula is C21H28N2O2. The van der Waals surface area contributed by atoms with Crippen LogP contribution in [0.4, 0.5) is 5.69 Å².